The fourth-order valence-electron chi connectivity index (χ4n) is 2.24. The largest absolute Gasteiger partial charge is 0.353 e. The van der Waals surface area contributed by atoms with E-state index in [1.54, 1.807) is 0 Å². The second kappa shape index (κ2) is 7.16. The summed E-state index contributed by atoms with van der Waals surface area (Å²) in [5, 5.41) is 3.03. The van der Waals surface area contributed by atoms with Crippen LogP contribution in [-0.4, -0.2) is 17.8 Å². The molecule has 2 nitrogen and oxygen atoms in total. The van der Waals surface area contributed by atoms with E-state index in [0.29, 0.717) is 18.2 Å². The molecule has 0 aliphatic heterocycles. The number of hydrogen-bond acceptors (Lipinski definition) is 1. The maximum Gasteiger partial charge on any atom is 0.220 e. The first-order chi connectivity index (χ1) is 7.63. The van der Waals surface area contributed by atoms with E-state index in [9.17, 15) is 4.79 Å². The van der Waals surface area contributed by atoms with E-state index in [-0.39, 0.29) is 11.9 Å². The molecule has 94 valence electrons. The van der Waals surface area contributed by atoms with Gasteiger partial charge in [0.2, 0.25) is 5.91 Å². The van der Waals surface area contributed by atoms with Crippen molar-refractivity contribution in [2.75, 3.05) is 5.88 Å². The zero-order chi connectivity index (χ0) is 12.0. The van der Waals surface area contributed by atoms with E-state index in [4.69, 9.17) is 11.6 Å². The molecule has 0 saturated heterocycles. The van der Waals surface area contributed by atoms with Gasteiger partial charge in [0.15, 0.2) is 0 Å². The van der Waals surface area contributed by atoms with Crippen LogP contribution in [-0.2, 0) is 4.79 Å². The molecule has 1 saturated carbocycles. The SMILES string of the molecule is CC(CCl)C(C)NC(=O)CCC1CCCC1. The van der Waals surface area contributed by atoms with Crippen molar-refractivity contribution in [2.24, 2.45) is 11.8 Å². The Morgan fingerprint density at radius 3 is 2.56 bits per heavy atom. The lowest BCUT2D eigenvalue weighted by atomic mass is 10.0. The number of amides is 1. The van der Waals surface area contributed by atoms with Crippen molar-refractivity contribution in [3.63, 3.8) is 0 Å². The van der Waals surface area contributed by atoms with E-state index < -0.39 is 0 Å². The van der Waals surface area contributed by atoms with Crippen molar-refractivity contribution < 1.29 is 4.79 Å². The molecule has 1 N–H and O–H groups in total. The molecule has 0 bridgehead atoms. The molecule has 3 heteroatoms. The standard InChI is InChI=1S/C13H24ClNO/c1-10(9-14)11(2)15-13(16)8-7-12-5-3-4-6-12/h10-12H,3-9H2,1-2H3,(H,15,16). The van der Waals surface area contributed by atoms with Crippen molar-refractivity contribution in [1.29, 1.82) is 0 Å². The second-order valence-electron chi connectivity index (χ2n) is 5.18. The Hall–Kier alpha value is -0.240. The average molecular weight is 246 g/mol. The monoisotopic (exact) mass is 245 g/mol. The molecular weight excluding hydrogens is 222 g/mol. The minimum atomic E-state index is 0.188. The Bertz CT molecular complexity index is 214. The lowest BCUT2D eigenvalue weighted by molar-refractivity contribution is -0.122. The minimum Gasteiger partial charge on any atom is -0.353 e. The number of hydrogen-bond donors (Lipinski definition) is 1. The van der Waals surface area contributed by atoms with Gasteiger partial charge >= 0.3 is 0 Å². The molecular formula is C13H24ClNO. The van der Waals surface area contributed by atoms with Crippen LogP contribution in [0.1, 0.15) is 52.4 Å². The van der Waals surface area contributed by atoms with E-state index in [0.717, 1.165) is 12.3 Å². The highest BCUT2D eigenvalue weighted by atomic mass is 35.5. The van der Waals surface area contributed by atoms with Crippen molar-refractivity contribution in [3.05, 3.63) is 0 Å². The van der Waals surface area contributed by atoms with Crippen molar-refractivity contribution >= 4 is 17.5 Å². The van der Waals surface area contributed by atoms with Gasteiger partial charge in [-0.3, -0.25) is 4.79 Å². The van der Waals surface area contributed by atoms with E-state index >= 15 is 0 Å². The summed E-state index contributed by atoms with van der Waals surface area (Å²) >= 11 is 5.76. The van der Waals surface area contributed by atoms with Crippen LogP contribution in [0, 0.1) is 11.8 Å². The molecule has 2 atom stereocenters. The summed E-state index contributed by atoms with van der Waals surface area (Å²) in [6.45, 7) is 4.09. The Kier molecular flexibility index (Phi) is 6.18. The van der Waals surface area contributed by atoms with Crippen LogP contribution in [0.4, 0.5) is 0 Å². The molecule has 0 aromatic rings. The van der Waals surface area contributed by atoms with Gasteiger partial charge in [0.25, 0.3) is 0 Å². The Labute approximate surface area is 104 Å². The molecule has 1 fully saturated rings. The van der Waals surface area contributed by atoms with Crippen molar-refractivity contribution in [3.8, 4) is 0 Å². The molecule has 1 aliphatic carbocycles. The molecule has 0 radical (unpaired) electrons. The molecule has 16 heavy (non-hydrogen) atoms. The molecule has 1 amide bonds. The Balaban J connectivity index is 2.14. The van der Waals surface area contributed by atoms with E-state index in [1.165, 1.54) is 25.7 Å². The number of carbonyl (C=O) groups is 1. The summed E-state index contributed by atoms with van der Waals surface area (Å²) in [4.78, 5) is 11.7. The summed E-state index contributed by atoms with van der Waals surface area (Å²) in [6.07, 6.45) is 7.09. The Morgan fingerprint density at radius 2 is 2.00 bits per heavy atom. The van der Waals surface area contributed by atoms with Crippen LogP contribution in [0.15, 0.2) is 0 Å². The van der Waals surface area contributed by atoms with Gasteiger partial charge in [-0.2, -0.15) is 0 Å². The van der Waals surface area contributed by atoms with E-state index in [2.05, 4.69) is 12.2 Å². The predicted octanol–water partition coefficient (Wildman–Crippen LogP) is 3.34. The first-order valence-electron chi connectivity index (χ1n) is 6.48. The predicted molar refractivity (Wildman–Crippen MR) is 68.7 cm³/mol. The summed E-state index contributed by atoms with van der Waals surface area (Å²) in [5.74, 6) is 1.93. The number of nitrogens with one attached hydrogen (secondary N) is 1. The molecule has 2 unspecified atom stereocenters. The minimum absolute atomic E-state index is 0.188. The smallest absolute Gasteiger partial charge is 0.220 e. The third-order valence-electron chi connectivity index (χ3n) is 3.74. The number of carbonyl (C=O) groups excluding carboxylic acids is 1. The summed E-state index contributed by atoms with van der Waals surface area (Å²) in [7, 11) is 0. The maximum atomic E-state index is 11.7. The third-order valence-corrected chi connectivity index (χ3v) is 4.23. The van der Waals surface area contributed by atoms with Gasteiger partial charge in [0.05, 0.1) is 0 Å². The highest BCUT2D eigenvalue weighted by molar-refractivity contribution is 6.18. The molecule has 1 aliphatic rings. The van der Waals surface area contributed by atoms with Crippen LogP contribution in [0.3, 0.4) is 0 Å². The zero-order valence-electron chi connectivity index (χ0n) is 10.5. The average Bonchev–Trinajstić information content (AvgIpc) is 2.78. The van der Waals surface area contributed by atoms with Crippen LogP contribution in [0.25, 0.3) is 0 Å². The van der Waals surface area contributed by atoms with Gasteiger partial charge in [-0.15, -0.1) is 11.6 Å². The first-order valence-corrected chi connectivity index (χ1v) is 7.02. The van der Waals surface area contributed by atoms with Gasteiger partial charge < -0.3 is 5.32 Å². The fraction of sp³-hybridized carbons (Fsp3) is 0.923. The number of rotatable bonds is 6. The molecule has 1 rings (SSSR count). The zero-order valence-corrected chi connectivity index (χ0v) is 11.2. The summed E-state index contributed by atoms with van der Waals surface area (Å²) in [5.41, 5.74) is 0. The van der Waals surface area contributed by atoms with E-state index in [1.807, 2.05) is 6.92 Å². The van der Waals surface area contributed by atoms with Crippen molar-refractivity contribution in [1.82, 2.24) is 5.32 Å². The topological polar surface area (TPSA) is 29.1 Å². The van der Waals surface area contributed by atoms with Gasteiger partial charge in [-0.1, -0.05) is 32.6 Å². The Morgan fingerprint density at radius 1 is 1.38 bits per heavy atom. The van der Waals surface area contributed by atoms with Crippen LogP contribution in [0.5, 0.6) is 0 Å². The van der Waals surface area contributed by atoms with Gasteiger partial charge in [0, 0.05) is 18.3 Å². The highest BCUT2D eigenvalue weighted by Gasteiger charge is 2.18. The van der Waals surface area contributed by atoms with Crippen molar-refractivity contribution in [2.45, 2.75) is 58.4 Å². The molecule has 0 aromatic carbocycles. The van der Waals surface area contributed by atoms with Crippen LogP contribution >= 0.6 is 11.6 Å². The highest BCUT2D eigenvalue weighted by Crippen LogP contribution is 2.28. The van der Waals surface area contributed by atoms with Gasteiger partial charge in [0.1, 0.15) is 0 Å². The summed E-state index contributed by atoms with van der Waals surface area (Å²) in [6, 6.07) is 0.188. The fourth-order valence-corrected chi connectivity index (χ4v) is 2.50. The molecule has 0 aromatic heterocycles. The molecule has 0 heterocycles. The van der Waals surface area contributed by atoms with Gasteiger partial charge in [-0.25, -0.2) is 0 Å². The lowest BCUT2D eigenvalue weighted by Gasteiger charge is -2.19. The molecule has 0 spiro atoms. The number of halogens is 1. The lowest BCUT2D eigenvalue weighted by Crippen LogP contribution is -2.37. The normalized spacial score (nSPS) is 20.7. The second-order valence-corrected chi connectivity index (χ2v) is 5.49. The first kappa shape index (κ1) is 13.8. The maximum absolute atomic E-state index is 11.7. The quantitative estimate of drug-likeness (QED) is 0.715. The van der Waals surface area contributed by atoms with Gasteiger partial charge in [-0.05, 0) is 25.2 Å². The van der Waals surface area contributed by atoms with Crippen LogP contribution < -0.4 is 5.32 Å². The summed E-state index contributed by atoms with van der Waals surface area (Å²) < 4.78 is 0. The third kappa shape index (κ3) is 4.73. The van der Waals surface area contributed by atoms with Crippen LogP contribution in [0.2, 0.25) is 0 Å². The number of alkyl halides is 1.